The summed E-state index contributed by atoms with van der Waals surface area (Å²) < 4.78 is 0. The van der Waals surface area contributed by atoms with Gasteiger partial charge in [-0.05, 0) is 51.6 Å². The molecule has 1 aliphatic heterocycles. The second kappa shape index (κ2) is 5.49. The predicted octanol–water partition coefficient (Wildman–Crippen LogP) is 1.04. The zero-order valence-corrected chi connectivity index (χ0v) is 11.9. The molecule has 5 heteroatoms. The fraction of sp³-hybridized carbons (Fsp3) is 0.857. The zero-order chi connectivity index (χ0) is 14.0. The minimum atomic E-state index is -1.09. The van der Waals surface area contributed by atoms with Crippen LogP contribution in [0.2, 0.25) is 0 Å². The molecule has 1 unspecified atom stereocenters. The number of hydrogen-bond acceptors (Lipinski definition) is 3. The lowest BCUT2D eigenvalue weighted by molar-refractivity contribution is -0.152. The van der Waals surface area contributed by atoms with Gasteiger partial charge in [0.25, 0.3) is 0 Å². The van der Waals surface area contributed by atoms with Gasteiger partial charge in [-0.15, -0.1) is 0 Å². The summed E-state index contributed by atoms with van der Waals surface area (Å²) in [5.74, 6) is -0.528. The number of aliphatic carboxylic acids is 1. The maximum atomic E-state index is 12.1. The van der Waals surface area contributed by atoms with E-state index < -0.39 is 11.4 Å². The molecule has 1 atom stereocenters. The highest BCUT2D eigenvalue weighted by atomic mass is 16.4. The van der Waals surface area contributed by atoms with E-state index in [1.165, 1.54) is 12.8 Å². The maximum absolute atomic E-state index is 12.1. The fourth-order valence-corrected chi connectivity index (χ4v) is 3.00. The van der Waals surface area contributed by atoms with E-state index in [-0.39, 0.29) is 5.91 Å². The quantitative estimate of drug-likeness (QED) is 0.757. The van der Waals surface area contributed by atoms with Crippen molar-refractivity contribution in [1.29, 1.82) is 0 Å². The van der Waals surface area contributed by atoms with Crippen LogP contribution in [-0.2, 0) is 9.59 Å². The molecular formula is C14H24N2O3. The number of hydrogen-bond donors (Lipinski definition) is 1. The van der Waals surface area contributed by atoms with Gasteiger partial charge in [0.1, 0.15) is 5.41 Å². The summed E-state index contributed by atoms with van der Waals surface area (Å²) in [7, 11) is 3.86. The molecule has 1 aliphatic carbocycles. The van der Waals surface area contributed by atoms with Crippen LogP contribution >= 0.6 is 0 Å². The SMILES string of the molecule is CN1CCCC(CCN(C)C(=O)C2(C(=O)O)CC2)C1. The third-order valence-corrected chi connectivity index (χ3v) is 4.51. The number of carboxylic acids is 1. The molecule has 5 nitrogen and oxygen atoms in total. The predicted molar refractivity (Wildman–Crippen MR) is 71.8 cm³/mol. The standard InChI is InChI=1S/C14H24N2O3/c1-15-8-3-4-11(10-15)5-9-16(2)12(17)14(6-7-14)13(18)19/h11H,3-10H2,1-2H3,(H,18,19). The van der Waals surface area contributed by atoms with Crippen LogP contribution in [0.4, 0.5) is 0 Å². The van der Waals surface area contributed by atoms with Gasteiger partial charge >= 0.3 is 5.97 Å². The first-order chi connectivity index (χ1) is 8.95. The van der Waals surface area contributed by atoms with E-state index in [0.717, 1.165) is 19.5 Å². The molecule has 1 amide bonds. The van der Waals surface area contributed by atoms with Crippen molar-refractivity contribution in [2.45, 2.75) is 32.1 Å². The Hall–Kier alpha value is -1.10. The number of likely N-dealkylation sites (tertiary alicyclic amines) is 1. The molecule has 0 radical (unpaired) electrons. The minimum absolute atomic E-state index is 0.204. The first kappa shape index (κ1) is 14.3. The van der Waals surface area contributed by atoms with E-state index in [9.17, 15) is 9.59 Å². The zero-order valence-electron chi connectivity index (χ0n) is 11.9. The van der Waals surface area contributed by atoms with Crippen LogP contribution < -0.4 is 0 Å². The van der Waals surface area contributed by atoms with Crippen molar-refractivity contribution in [2.24, 2.45) is 11.3 Å². The molecule has 1 N–H and O–H groups in total. The van der Waals surface area contributed by atoms with Crippen LogP contribution in [0.3, 0.4) is 0 Å². The van der Waals surface area contributed by atoms with Gasteiger partial charge in [-0.1, -0.05) is 0 Å². The number of piperidine rings is 1. The van der Waals surface area contributed by atoms with E-state index in [1.807, 2.05) is 0 Å². The van der Waals surface area contributed by atoms with E-state index in [2.05, 4.69) is 11.9 Å². The van der Waals surface area contributed by atoms with Crippen molar-refractivity contribution in [3.05, 3.63) is 0 Å². The molecule has 0 aromatic heterocycles. The van der Waals surface area contributed by atoms with Crippen molar-refractivity contribution < 1.29 is 14.7 Å². The van der Waals surface area contributed by atoms with E-state index in [0.29, 0.717) is 25.3 Å². The summed E-state index contributed by atoms with van der Waals surface area (Å²) in [6, 6.07) is 0. The Morgan fingerprint density at radius 2 is 2.11 bits per heavy atom. The molecule has 1 saturated carbocycles. The number of amides is 1. The number of carbonyl (C=O) groups is 2. The summed E-state index contributed by atoms with van der Waals surface area (Å²) in [4.78, 5) is 27.2. The summed E-state index contributed by atoms with van der Waals surface area (Å²) in [6.07, 6.45) is 4.41. The molecule has 0 aromatic carbocycles. The topological polar surface area (TPSA) is 60.9 Å². The van der Waals surface area contributed by atoms with E-state index >= 15 is 0 Å². The Labute approximate surface area is 114 Å². The molecule has 0 bridgehead atoms. The van der Waals surface area contributed by atoms with Crippen molar-refractivity contribution in [3.63, 3.8) is 0 Å². The van der Waals surface area contributed by atoms with Crippen LogP contribution in [0.5, 0.6) is 0 Å². The highest BCUT2D eigenvalue weighted by Crippen LogP contribution is 2.47. The number of rotatable bonds is 5. The Morgan fingerprint density at radius 3 is 2.63 bits per heavy atom. The second-order valence-corrected chi connectivity index (χ2v) is 6.17. The Morgan fingerprint density at radius 1 is 1.42 bits per heavy atom. The van der Waals surface area contributed by atoms with Gasteiger partial charge in [-0.3, -0.25) is 9.59 Å². The highest BCUT2D eigenvalue weighted by molar-refractivity contribution is 6.04. The smallest absolute Gasteiger partial charge is 0.319 e. The fourth-order valence-electron chi connectivity index (χ4n) is 3.00. The van der Waals surface area contributed by atoms with E-state index in [4.69, 9.17) is 5.11 Å². The second-order valence-electron chi connectivity index (χ2n) is 6.17. The monoisotopic (exact) mass is 268 g/mol. The van der Waals surface area contributed by atoms with Gasteiger partial charge < -0.3 is 14.9 Å². The third kappa shape index (κ3) is 3.08. The lowest BCUT2D eigenvalue weighted by atomic mass is 9.94. The van der Waals surface area contributed by atoms with Crippen molar-refractivity contribution in [1.82, 2.24) is 9.80 Å². The maximum Gasteiger partial charge on any atom is 0.319 e. The molecule has 108 valence electrons. The molecule has 19 heavy (non-hydrogen) atoms. The van der Waals surface area contributed by atoms with Crippen molar-refractivity contribution >= 4 is 11.9 Å². The lowest BCUT2D eigenvalue weighted by Crippen LogP contribution is -2.40. The van der Waals surface area contributed by atoms with Gasteiger partial charge in [0.2, 0.25) is 5.91 Å². The molecule has 2 aliphatic rings. The Balaban J connectivity index is 1.79. The van der Waals surface area contributed by atoms with Gasteiger partial charge in [-0.25, -0.2) is 0 Å². The average molecular weight is 268 g/mol. The summed E-state index contributed by atoms with van der Waals surface area (Å²) in [5, 5.41) is 9.12. The van der Waals surface area contributed by atoms with Crippen molar-refractivity contribution in [2.75, 3.05) is 33.7 Å². The molecule has 0 aromatic rings. The number of nitrogens with zero attached hydrogens (tertiary/aromatic N) is 2. The van der Waals surface area contributed by atoms with Crippen LogP contribution in [0, 0.1) is 11.3 Å². The molecular weight excluding hydrogens is 244 g/mol. The van der Waals surface area contributed by atoms with Crippen LogP contribution in [0.25, 0.3) is 0 Å². The van der Waals surface area contributed by atoms with E-state index in [1.54, 1.807) is 11.9 Å². The molecule has 1 saturated heterocycles. The summed E-state index contributed by atoms with van der Waals surface area (Å²) in [5.41, 5.74) is -1.09. The van der Waals surface area contributed by atoms with Crippen LogP contribution in [-0.4, -0.2) is 60.5 Å². The summed E-state index contributed by atoms with van der Waals surface area (Å²) >= 11 is 0. The Kier molecular flexibility index (Phi) is 4.13. The van der Waals surface area contributed by atoms with Gasteiger partial charge in [0, 0.05) is 20.1 Å². The van der Waals surface area contributed by atoms with Crippen LogP contribution in [0.1, 0.15) is 32.1 Å². The van der Waals surface area contributed by atoms with Crippen molar-refractivity contribution in [3.8, 4) is 0 Å². The molecule has 2 fully saturated rings. The average Bonchev–Trinajstić information content (AvgIpc) is 3.16. The minimum Gasteiger partial charge on any atom is -0.480 e. The number of carbonyl (C=O) groups excluding carboxylic acids is 1. The van der Waals surface area contributed by atoms with Gasteiger partial charge in [0.05, 0.1) is 0 Å². The largest absolute Gasteiger partial charge is 0.480 e. The van der Waals surface area contributed by atoms with Gasteiger partial charge in [-0.2, -0.15) is 0 Å². The molecule has 0 spiro atoms. The van der Waals surface area contributed by atoms with Crippen LogP contribution in [0.15, 0.2) is 0 Å². The molecule has 1 heterocycles. The lowest BCUT2D eigenvalue weighted by Gasteiger charge is -2.31. The third-order valence-electron chi connectivity index (χ3n) is 4.51. The summed E-state index contributed by atoms with van der Waals surface area (Å²) in [6.45, 7) is 2.92. The number of carboxylic acid groups (broad SMARTS) is 1. The molecule has 2 rings (SSSR count). The normalized spacial score (nSPS) is 25.9. The Bertz CT molecular complexity index is 366. The first-order valence-corrected chi connectivity index (χ1v) is 7.13. The van der Waals surface area contributed by atoms with Gasteiger partial charge in [0.15, 0.2) is 0 Å². The first-order valence-electron chi connectivity index (χ1n) is 7.13. The highest BCUT2D eigenvalue weighted by Gasteiger charge is 2.58.